The quantitative estimate of drug-likeness (QED) is 0.722. The molecule has 5 nitrogen and oxygen atoms in total. The van der Waals surface area contributed by atoms with E-state index in [0.717, 1.165) is 27.9 Å². The number of nitrogens with zero attached hydrogens (tertiary/aromatic N) is 1. The van der Waals surface area contributed by atoms with Gasteiger partial charge in [-0.2, -0.15) is 0 Å². The first-order valence-corrected chi connectivity index (χ1v) is 4.99. The molecule has 2 aromatic rings. The highest BCUT2D eigenvalue weighted by atomic mass is 16.4. The molecule has 0 saturated heterocycles. The highest BCUT2D eigenvalue weighted by Crippen LogP contribution is 2.21. The number of carboxylic acid groups (broad SMARTS) is 1. The maximum absolute atomic E-state index is 10.5. The standard InChI is InChI=1S/C11H13N3O2/c1-6-8-3-4-12-10(8)14-7(2)9(6)5-13-11(15)16/h3-4,13H,5H2,1-2H3,(H,12,14)(H,15,16). The van der Waals surface area contributed by atoms with Gasteiger partial charge in [-0.3, -0.25) is 0 Å². The van der Waals surface area contributed by atoms with E-state index in [1.165, 1.54) is 0 Å². The van der Waals surface area contributed by atoms with Crippen LogP contribution in [-0.2, 0) is 6.54 Å². The van der Waals surface area contributed by atoms with Gasteiger partial charge < -0.3 is 15.4 Å². The number of hydrogen-bond donors (Lipinski definition) is 3. The first-order valence-electron chi connectivity index (χ1n) is 4.99. The average Bonchev–Trinajstić information content (AvgIpc) is 2.64. The number of H-pyrrole nitrogens is 1. The Hall–Kier alpha value is -2.04. The van der Waals surface area contributed by atoms with Crippen molar-refractivity contribution in [2.75, 3.05) is 0 Å². The van der Waals surface area contributed by atoms with E-state index in [9.17, 15) is 4.79 Å². The molecule has 2 heterocycles. The van der Waals surface area contributed by atoms with E-state index in [0.29, 0.717) is 6.54 Å². The molecule has 0 aliphatic rings. The first-order chi connectivity index (χ1) is 7.59. The lowest BCUT2D eigenvalue weighted by Gasteiger charge is -2.10. The predicted octanol–water partition coefficient (Wildman–Crippen LogP) is 1.95. The van der Waals surface area contributed by atoms with Gasteiger partial charge in [0.1, 0.15) is 5.65 Å². The zero-order valence-electron chi connectivity index (χ0n) is 9.16. The summed E-state index contributed by atoms with van der Waals surface area (Å²) in [5.74, 6) is 0. The van der Waals surface area contributed by atoms with Crippen molar-refractivity contribution >= 4 is 17.1 Å². The van der Waals surface area contributed by atoms with Crippen LogP contribution in [0.5, 0.6) is 0 Å². The molecule has 0 radical (unpaired) electrons. The smallest absolute Gasteiger partial charge is 0.404 e. The summed E-state index contributed by atoms with van der Waals surface area (Å²) in [6.07, 6.45) is 0.811. The summed E-state index contributed by atoms with van der Waals surface area (Å²) in [6, 6.07) is 1.95. The Kier molecular flexibility index (Phi) is 2.52. The van der Waals surface area contributed by atoms with Gasteiger partial charge in [0.2, 0.25) is 0 Å². The molecule has 0 saturated carbocycles. The second-order valence-corrected chi connectivity index (χ2v) is 3.70. The van der Waals surface area contributed by atoms with Gasteiger partial charge in [0.25, 0.3) is 0 Å². The van der Waals surface area contributed by atoms with Gasteiger partial charge in [-0.1, -0.05) is 0 Å². The Morgan fingerprint density at radius 2 is 2.31 bits per heavy atom. The molecule has 0 aliphatic heterocycles. The first kappa shape index (κ1) is 10.5. The van der Waals surface area contributed by atoms with Crippen molar-refractivity contribution in [2.45, 2.75) is 20.4 Å². The topological polar surface area (TPSA) is 78.0 Å². The van der Waals surface area contributed by atoms with E-state index in [2.05, 4.69) is 15.3 Å². The molecule has 2 rings (SSSR count). The summed E-state index contributed by atoms with van der Waals surface area (Å²) in [5, 5.41) is 12.0. The van der Waals surface area contributed by atoms with Crippen molar-refractivity contribution in [1.82, 2.24) is 15.3 Å². The highest BCUT2D eigenvalue weighted by Gasteiger charge is 2.10. The van der Waals surface area contributed by atoms with E-state index in [-0.39, 0.29) is 0 Å². The normalized spacial score (nSPS) is 10.6. The minimum absolute atomic E-state index is 0.293. The number of carbonyl (C=O) groups is 1. The molecule has 3 N–H and O–H groups in total. The number of amides is 1. The van der Waals surface area contributed by atoms with Crippen LogP contribution in [0.15, 0.2) is 12.3 Å². The monoisotopic (exact) mass is 219 g/mol. The van der Waals surface area contributed by atoms with Gasteiger partial charge in [0.05, 0.1) is 0 Å². The van der Waals surface area contributed by atoms with Crippen LogP contribution in [0.4, 0.5) is 4.79 Å². The minimum Gasteiger partial charge on any atom is -0.465 e. The summed E-state index contributed by atoms with van der Waals surface area (Å²) >= 11 is 0. The summed E-state index contributed by atoms with van der Waals surface area (Å²) in [6.45, 7) is 4.15. The molecule has 16 heavy (non-hydrogen) atoms. The third-order valence-corrected chi connectivity index (χ3v) is 2.71. The average molecular weight is 219 g/mol. The Labute approximate surface area is 92.5 Å². The summed E-state index contributed by atoms with van der Waals surface area (Å²) in [4.78, 5) is 17.9. The second kappa shape index (κ2) is 3.84. The van der Waals surface area contributed by atoms with Crippen LogP contribution in [-0.4, -0.2) is 21.2 Å². The maximum Gasteiger partial charge on any atom is 0.404 e. The van der Waals surface area contributed by atoms with E-state index in [1.54, 1.807) is 0 Å². The van der Waals surface area contributed by atoms with Gasteiger partial charge >= 0.3 is 6.09 Å². The molecule has 1 amide bonds. The van der Waals surface area contributed by atoms with Crippen molar-refractivity contribution in [3.63, 3.8) is 0 Å². The number of hydrogen-bond acceptors (Lipinski definition) is 2. The van der Waals surface area contributed by atoms with Crippen LogP contribution in [0.1, 0.15) is 16.8 Å². The van der Waals surface area contributed by atoms with Crippen molar-refractivity contribution in [2.24, 2.45) is 0 Å². The lowest BCUT2D eigenvalue weighted by molar-refractivity contribution is 0.194. The van der Waals surface area contributed by atoms with Crippen LogP contribution in [0.2, 0.25) is 0 Å². The number of nitrogens with one attached hydrogen (secondary N) is 2. The number of aromatic amines is 1. The van der Waals surface area contributed by atoms with Crippen molar-refractivity contribution in [3.8, 4) is 0 Å². The van der Waals surface area contributed by atoms with Crippen LogP contribution in [0.3, 0.4) is 0 Å². The van der Waals surface area contributed by atoms with E-state index < -0.39 is 6.09 Å². The zero-order valence-corrected chi connectivity index (χ0v) is 9.16. The molecule has 0 aromatic carbocycles. The Morgan fingerprint density at radius 1 is 1.56 bits per heavy atom. The molecule has 5 heteroatoms. The number of rotatable bonds is 2. The number of pyridine rings is 1. The van der Waals surface area contributed by atoms with Crippen molar-refractivity contribution in [1.29, 1.82) is 0 Å². The largest absolute Gasteiger partial charge is 0.465 e. The van der Waals surface area contributed by atoms with Gasteiger partial charge in [-0.05, 0) is 31.0 Å². The Morgan fingerprint density at radius 3 is 3.00 bits per heavy atom. The lowest BCUT2D eigenvalue weighted by Crippen LogP contribution is -2.21. The molecule has 0 fully saturated rings. The minimum atomic E-state index is -1.02. The third-order valence-electron chi connectivity index (χ3n) is 2.71. The SMILES string of the molecule is Cc1nc2[nH]ccc2c(C)c1CNC(=O)O. The Balaban J connectivity index is 2.46. The maximum atomic E-state index is 10.5. The van der Waals surface area contributed by atoms with Crippen molar-refractivity contribution in [3.05, 3.63) is 29.1 Å². The van der Waals surface area contributed by atoms with E-state index in [4.69, 9.17) is 5.11 Å². The molecule has 84 valence electrons. The molecule has 0 atom stereocenters. The third kappa shape index (κ3) is 1.71. The summed E-state index contributed by atoms with van der Waals surface area (Å²) < 4.78 is 0. The number of aromatic nitrogens is 2. The molecule has 0 spiro atoms. The fourth-order valence-electron chi connectivity index (χ4n) is 1.85. The Bertz CT molecular complexity index is 545. The fraction of sp³-hybridized carbons (Fsp3) is 0.273. The van der Waals surface area contributed by atoms with Gasteiger partial charge in [0, 0.05) is 23.8 Å². The highest BCUT2D eigenvalue weighted by molar-refractivity contribution is 5.81. The van der Waals surface area contributed by atoms with Crippen molar-refractivity contribution < 1.29 is 9.90 Å². The second-order valence-electron chi connectivity index (χ2n) is 3.70. The fourth-order valence-corrected chi connectivity index (χ4v) is 1.85. The molecular formula is C11H13N3O2. The van der Waals surface area contributed by atoms with Crippen LogP contribution in [0, 0.1) is 13.8 Å². The number of fused-ring (bicyclic) bond motifs is 1. The lowest BCUT2D eigenvalue weighted by atomic mass is 10.1. The van der Waals surface area contributed by atoms with Gasteiger partial charge in [-0.15, -0.1) is 0 Å². The zero-order chi connectivity index (χ0) is 11.7. The van der Waals surface area contributed by atoms with E-state index >= 15 is 0 Å². The molecular weight excluding hydrogens is 206 g/mol. The molecule has 0 bridgehead atoms. The summed E-state index contributed by atoms with van der Waals surface area (Å²) in [7, 11) is 0. The van der Waals surface area contributed by atoms with E-state index in [1.807, 2.05) is 26.1 Å². The van der Waals surface area contributed by atoms with Gasteiger partial charge in [0.15, 0.2) is 0 Å². The van der Waals surface area contributed by atoms with Crippen LogP contribution < -0.4 is 5.32 Å². The molecule has 2 aromatic heterocycles. The molecule has 0 unspecified atom stereocenters. The van der Waals surface area contributed by atoms with Gasteiger partial charge in [-0.25, -0.2) is 9.78 Å². The van der Waals surface area contributed by atoms with Crippen LogP contribution in [0.25, 0.3) is 11.0 Å². The predicted molar refractivity (Wildman–Crippen MR) is 60.4 cm³/mol. The summed E-state index contributed by atoms with van der Waals surface area (Å²) in [5.41, 5.74) is 3.70. The number of aryl methyl sites for hydroxylation is 2. The van der Waals surface area contributed by atoms with Crippen LogP contribution >= 0.6 is 0 Å². The molecule has 0 aliphatic carbocycles.